The number of hydrogen-bond donors (Lipinski definition) is 1. The molecular weight excluding hydrogens is 240 g/mol. The van der Waals surface area contributed by atoms with Crippen molar-refractivity contribution in [3.8, 4) is 0 Å². The van der Waals surface area contributed by atoms with Gasteiger partial charge in [0.05, 0.1) is 18.6 Å². The SMILES string of the molecule is CCOC(=O)Cc1ccc(SC)cc1C(=O)O. The molecule has 0 radical (unpaired) electrons. The largest absolute Gasteiger partial charge is 0.478 e. The number of carboxylic acid groups (broad SMARTS) is 1. The Morgan fingerprint density at radius 1 is 1.41 bits per heavy atom. The minimum absolute atomic E-state index is 0.00979. The fraction of sp³-hybridized carbons (Fsp3) is 0.333. The van der Waals surface area contributed by atoms with Gasteiger partial charge in [-0.3, -0.25) is 4.79 Å². The van der Waals surface area contributed by atoms with Crippen molar-refractivity contribution in [1.82, 2.24) is 0 Å². The zero-order valence-corrected chi connectivity index (χ0v) is 10.5. The van der Waals surface area contributed by atoms with Gasteiger partial charge < -0.3 is 9.84 Å². The summed E-state index contributed by atoms with van der Waals surface area (Å²) in [6, 6.07) is 5.03. The van der Waals surface area contributed by atoms with Gasteiger partial charge in [0, 0.05) is 4.90 Å². The molecule has 1 rings (SSSR count). The lowest BCUT2D eigenvalue weighted by Crippen LogP contribution is -2.11. The fourth-order valence-corrected chi connectivity index (χ4v) is 1.84. The van der Waals surface area contributed by atoms with Crippen molar-refractivity contribution in [2.75, 3.05) is 12.9 Å². The highest BCUT2D eigenvalue weighted by Gasteiger charge is 2.14. The highest BCUT2D eigenvalue weighted by molar-refractivity contribution is 7.98. The second-order valence-electron chi connectivity index (χ2n) is 3.31. The molecule has 0 bridgehead atoms. The molecule has 0 aliphatic heterocycles. The van der Waals surface area contributed by atoms with E-state index in [0.29, 0.717) is 12.2 Å². The van der Waals surface area contributed by atoms with Crippen LogP contribution in [0.5, 0.6) is 0 Å². The maximum absolute atomic E-state index is 11.3. The van der Waals surface area contributed by atoms with Crippen LogP contribution in [0, 0.1) is 0 Å². The van der Waals surface area contributed by atoms with Crippen LogP contribution in [-0.4, -0.2) is 29.9 Å². The number of aromatic carboxylic acids is 1. The lowest BCUT2D eigenvalue weighted by Gasteiger charge is -2.07. The summed E-state index contributed by atoms with van der Waals surface area (Å²) >= 11 is 1.46. The lowest BCUT2D eigenvalue weighted by molar-refractivity contribution is -0.142. The van der Waals surface area contributed by atoms with Gasteiger partial charge >= 0.3 is 11.9 Å². The third-order valence-electron chi connectivity index (χ3n) is 2.19. The highest BCUT2D eigenvalue weighted by Crippen LogP contribution is 2.20. The molecule has 0 unspecified atom stereocenters. The zero-order valence-electron chi connectivity index (χ0n) is 9.73. The summed E-state index contributed by atoms with van der Waals surface area (Å²) in [5.74, 6) is -1.44. The van der Waals surface area contributed by atoms with Gasteiger partial charge in [0.1, 0.15) is 0 Å². The fourth-order valence-electron chi connectivity index (χ4n) is 1.40. The second-order valence-corrected chi connectivity index (χ2v) is 4.19. The van der Waals surface area contributed by atoms with Gasteiger partial charge in [-0.2, -0.15) is 0 Å². The third-order valence-corrected chi connectivity index (χ3v) is 2.91. The molecule has 0 amide bonds. The zero-order chi connectivity index (χ0) is 12.8. The van der Waals surface area contributed by atoms with Crippen molar-refractivity contribution in [3.05, 3.63) is 29.3 Å². The molecule has 0 saturated heterocycles. The van der Waals surface area contributed by atoms with E-state index in [0.717, 1.165) is 4.90 Å². The molecular formula is C12H14O4S. The van der Waals surface area contributed by atoms with Crippen LogP contribution >= 0.6 is 11.8 Å². The average molecular weight is 254 g/mol. The Morgan fingerprint density at radius 2 is 2.12 bits per heavy atom. The summed E-state index contributed by atoms with van der Waals surface area (Å²) in [6.45, 7) is 2.01. The van der Waals surface area contributed by atoms with Gasteiger partial charge in [-0.15, -0.1) is 11.8 Å². The average Bonchev–Trinajstić information content (AvgIpc) is 2.29. The van der Waals surface area contributed by atoms with Crippen LogP contribution in [0.4, 0.5) is 0 Å². The summed E-state index contributed by atoms with van der Waals surface area (Å²) in [7, 11) is 0. The maximum Gasteiger partial charge on any atom is 0.336 e. The van der Waals surface area contributed by atoms with Crippen LogP contribution in [0.25, 0.3) is 0 Å². The Balaban J connectivity index is 2.98. The van der Waals surface area contributed by atoms with E-state index < -0.39 is 11.9 Å². The quantitative estimate of drug-likeness (QED) is 0.644. The van der Waals surface area contributed by atoms with Crippen LogP contribution in [-0.2, 0) is 16.0 Å². The number of hydrogen-bond acceptors (Lipinski definition) is 4. The van der Waals surface area contributed by atoms with Gasteiger partial charge in [-0.05, 0) is 30.9 Å². The number of rotatable bonds is 5. The Hall–Kier alpha value is -1.49. The van der Waals surface area contributed by atoms with E-state index in [1.165, 1.54) is 11.8 Å². The number of carbonyl (C=O) groups is 2. The van der Waals surface area contributed by atoms with E-state index in [1.54, 1.807) is 25.1 Å². The topological polar surface area (TPSA) is 63.6 Å². The molecule has 0 saturated carbocycles. The Kier molecular flexibility index (Phi) is 5.03. The molecule has 0 aromatic heterocycles. The van der Waals surface area contributed by atoms with Crippen molar-refractivity contribution in [2.45, 2.75) is 18.2 Å². The van der Waals surface area contributed by atoms with Crippen molar-refractivity contribution in [3.63, 3.8) is 0 Å². The van der Waals surface area contributed by atoms with E-state index in [4.69, 9.17) is 9.84 Å². The molecule has 0 aliphatic rings. The molecule has 5 heteroatoms. The minimum atomic E-state index is -1.03. The van der Waals surface area contributed by atoms with E-state index in [-0.39, 0.29) is 12.0 Å². The van der Waals surface area contributed by atoms with Gasteiger partial charge in [0.15, 0.2) is 0 Å². The van der Waals surface area contributed by atoms with Gasteiger partial charge in [0.2, 0.25) is 0 Å². The lowest BCUT2D eigenvalue weighted by atomic mass is 10.0. The first-order valence-electron chi connectivity index (χ1n) is 5.14. The van der Waals surface area contributed by atoms with Crippen LogP contribution in [0.15, 0.2) is 23.1 Å². The molecule has 1 aromatic rings. The van der Waals surface area contributed by atoms with Gasteiger partial charge in [0.25, 0.3) is 0 Å². The van der Waals surface area contributed by atoms with Crippen LogP contribution < -0.4 is 0 Å². The number of thioether (sulfide) groups is 1. The first kappa shape index (κ1) is 13.6. The molecule has 92 valence electrons. The van der Waals surface area contributed by atoms with E-state index in [2.05, 4.69) is 0 Å². The number of benzene rings is 1. The predicted octanol–water partition coefficient (Wildman–Crippen LogP) is 2.21. The number of carbonyl (C=O) groups excluding carboxylic acids is 1. The smallest absolute Gasteiger partial charge is 0.336 e. The van der Waals surface area contributed by atoms with E-state index in [1.807, 2.05) is 6.26 Å². The molecule has 0 fully saturated rings. The minimum Gasteiger partial charge on any atom is -0.478 e. The Bertz CT molecular complexity index is 429. The Morgan fingerprint density at radius 3 is 2.65 bits per heavy atom. The Labute approximate surface area is 104 Å². The third kappa shape index (κ3) is 3.78. The van der Waals surface area contributed by atoms with Crippen LogP contribution in [0.3, 0.4) is 0 Å². The van der Waals surface area contributed by atoms with Gasteiger partial charge in [-0.1, -0.05) is 6.07 Å². The maximum atomic E-state index is 11.3. The van der Waals surface area contributed by atoms with Gasteiger partial charge in [-0.25, -0.2) is 4.79 Å². The van der Waals surface area contributed by atoms with Crippen LogP contribution in [0.1, 0.15) is 22.8 Å². The van der Waals surface area contributed by atoms with Crippen molar-refractivity contribution >= 4 is 23.7 Å². The van der Waals surface area contributed by atoms with Crippen LogP contribution in [0.2, 0.25) is 0 Å². The molecule has 0 aliphatic carbocycles. The predicted molar refractivity (Wildman–Crippen MR) is 65.5 cm³/mol. The van der Waals surface area contributed by atoms with E-state index in [9.17, 15) is 9.59 Å². The van der Waals surface area contributed by atoms with Crippen molar-refractivity contribution in [2.24, 2.45) is 0 Å². The summed E-state index contributed by atoms with van der Waals surface area (Å²) in [5.41, 5.74) is 0.638. The standard InChI is InChI=1S/C12H14O4S/c1-3-16-11(13)6-8-4-5-9(17-2)7-10(8)12(14)15/h4-5,7H,3,6H2,1-2H3,(H,14,15). The number of carboxylic acids is 1. The summed E-state index contributed by atoms with van der Waals surface area (Å²) in [5, 5.41) is 9.07. The number of esters is 1. The monoisotopic (exact) mass is 254 g/mol. The summed E-state index contributed by atoms with van der Waals surface area (Å²) in [6.07, 6.45) is 1.86. The molecule has 4 nitrogen and oxygen atoms in total. The summed E-state index contributed by atoms with van der Waals surface area (Å²) in [4.78, 5) is 23.2. The number of ether oxygens (including phenoxy) is 1. The molecule has 0 heterocycles. The molecule has 0 spiro atoms. The van der Waals surface area contributed by atoms with E-state index >= 15 is 0 Å². The molecule has 1 aromatic carbocycles. The normalized spacial score (nSPS) is 10.0. The summed E-state index contributed by atoms with van der Waals surface area (Å²) < 4.78 is 4.80. The molecule has 1 N–H and O–H groups in total. The molecule has 17 heavy (non-hydrogen) atoms. The van der Waals surface area contributed by atoms with Crippen molar-refractivity contribution in [1.29, 1.82) is 0 Å². The second kappa shape index (κ2) is 6.30. The molecule has 0 atom stereocenters. The first-order chi connectivity index (χ1) is 8.08. The first-order valence-corrected chi connectivity index (χ1v) is 6.36. The van der Waals surface area contributed by atoms with Crippen molar-refractivity contribution < 1.29 is 19.4 Å². The highest BCUT2D eigenvalue weighted by atomic mass is 32.2.